The highest BCUT2D eigenvalue weighted by Crippen LogP contribution is 2.12. The summed E-state index contributed by atoms with van der Waals surface area (Å²) in [5.74, 6) is -0.137. The van der Waals surface area contributed by atoms with Gasteiger partial charge in [-0.15, -0.1) is 0 Å². The molecule has 0 saturated heterocycles. The second-order valence-corrected chi connectivity index (χ2v) is 7.91. The molecule has 0 aromatic heterocycles. The van der Waals surface area contributed by atoms with Crippen molar-refractivity contribution in [3.05, 3.63) is 60.2 Å². The van der Waals surface area contributed by atoms with Crippen LogP contribution in [-0.2, 0) is 16.4 Å². The molecule has 0 aliphatic heterocycles. The maximum Gasteiger partial charge on any atom is 0.315 e. The van der Waals surface area contributed by atoms with E-state index in [0.29, 0.717) is 6.54 Å². The molecular weight excluding hydrogens is 338 g/mol. The number of hydrogen-bond donors (Lipinski definition) is 2. The molecule has 0 fully saturated rings. The van der Waals surface area contributed by atoms with E-state index in [1.54, 1.807) is 30.3 Å². The molecule has 0 unspecified atom stereocenters. The molecule has 2 amide bonds. The number of rotatable bonds is 7. The smallest absolute Gasteiger partial charge is 0.315 e. The second-order valence-electron chi connectivity index (χ2n) is 5.80. The van der Waals surface area contributed by atoms with Crippen LogP contribution in [0.1, 0.15) is 5.56 Å². The molecule has 25 heavy (non-hydrogen) atoms. The number of anilines is 1. The predicted molar refractivity (Wildman–Crippen MR) is 99.5 cm³/mol. The quantitative estimate of drug-likeness (QED) is 0.791. The third-order valence-corrected chi connectivity index (χ3v) is 5.40. The zero-order chi connectivity index (χ0) is 18.3. The number of carbonyl (C=O) groups excluding carboxylic acids is 1. The first-order chi connectivity index (χ1) is 11.9. The largest absolute Gasteiger partial charge is 0.378 e. The summed E-state index contributed by atoms with van der Waals surface area (Å²) in [6.45, 7) is 0.438. The van der Waals surface area contributed by atoms with Gasteiger partial charge in [0.1, 0.15) is 0 Å². The average molecular weight is 361 g/mol. The zero-order valence-corrected chi connectivity index (χ0v) is 15.2. The number of sulfone groups is 1. The molecule has 134 valence electrons. The highest BCUT2D eigenvalue weighted by Gasteiger charge is 2.13. The summed E-state index contributed by atoms with van der Waals surface area (Å²) in [6.07, 6.45) is 0. The topological polar surface area (TPSA) is 78.5 Å². The van der Waals surface area contributed by atoms with Gasteiger partial charge in [0.15, 0.2) is 9.84 Å². The number of carbonyl (C=O) groups is 1. The highest BCUT2D eigenvalue weighted by atomic mass is 32.2. The summed E-state index contributed by atoms with van der Waals surface area (Å²) in [4.78, 5) is 14.0. The standard InChI is InChI=1S/C18H23N3O3S/c1-21(2)16-10-8-15(9-11-16)14-20-18(22)19-12-13-25(23,24)17-6-4-3-5-7-17/h3-11H,12-14H2,1-2H3,(H2,19,20,22). The first kappa shape index (κ1) is 18.8. The number of nitrogens with zero attached hydrogens (tertiary/aromatic N) is 1. The summed E-state index contributed by atoms with van der Waals surface area (Å²) in [5.41, 5.74) is 2.05. The monoisotopic (exact) mass is 361 g/mol. The number of hydrogen-bond acceptors (Lipinski definition) is 4. The molecule has 0 spiro atoms. The van der Waals surface area contributed by atoms with Gasteiger partial charge in [-0.05, 0) is 29.8 Å². The van der Waals surface area contributed by atoms with Gasteiger partial charge >= 0.3 is 6.03 Å². The lowest BCUT2D eigenvalue weighted by molar-refractivity contribution is 0.241. The fourth-order valence-corrected chi connectivity index (χ4v) is 3.38. The number of urea groups is 1. The van der Waals surface area contributed by atoms with Crippen molar-refractivity contribution in [3.8, 4) is 0 Å². The van der Waals surface area contributed by atoms with Crippen LogP contribution in [0.25, 0.3) is 0 Å². The lowest BCUT2D eigenvalue weighted by Crippen LogP contribution is -2.37. The summed E-state index contributed by atoms with van der Waals surface area (Å²) < 4.78 is 24.2. The minimum atomic E-state index is -3.38. The van der Waals surface area contributed by atoms with E-state index in [0.717, 1.165) is 11.3 Å². The Morgan fingerprint density at radius 2 is 1.60 bits per heavy atom. The van der Waals surface area contributed by atoms with Crippen LogP contribution in [0, 0.1) is 0 Å². The number of nitrogens with one attached hydrogen (secondary N) is 2. The maximum absolute atomic E-state index is 12.1. The molecule has 0 radical (unpaired) electrons. The molecule has 2 N–H and O–H groups in total. The molecule has 2 rings (SSSR count). The van der Waals surface area contributed by atoms with Crippen molar-refractivity contribution in [2.75, 3.05) is 31.3 Å². The first-order valence-electron chi connectivity index (χ1n) is 7.94. The Labute approximate surface area is 148 Å². The Morgan fingerprint density at radius 3 is 2.20 bits per heavy atom. The van der Waals surface area contributed by atoms with E-state index >= 15 is 0 Å². The SMILES string of the molecule is CN(C)c1ccc(CNC(=O)NCCS(=O)(=O)c2ccccc2)cc1. The van der Waals surface area contributed by atoms with Gasteiger partial charge in [0.2, 0.25) is 0 Å². The van der Waals surface area contributed by atoms with Gasteiger partial charge in [-0.2, -0.15) is 0 Å². The molecule has 0 aliphatic carbocycles. The van der Waals surface area contributed by atoms with Crippen LogP contribution >= 0.6 is 0 Å². The van der Waals surface area contributed by atoms with Gasteiger partial charge < -0.3 is 15.5 Å². The molecule has 7 heteroatoms. The van der Waals surface area contributed by atoms with Crippen LogP contribution < -0.4 is 15.5 Å². The van der Waals surface area contributed by atoms with E-state index in [1.807, 2.05) is 43.3 Å². The molecular formula is C18H23N3O3S. The van der Waals surface area contributed by atoms with E-state index in [9.17, 15) is 13.2 Å². The van der Waals surface area contributed by atoms with Crippen LogP contribution in [0.15, 0.2) is 59.5 Å². The molecule has 6 nitrogen and oxygen atoms in total. The molecule has 0 atom stereocenters. The fourth-order valence-electron chi connectivity index (χ4n) is 2.20. The Hall–Kier alpha value is -2.54. The van der Waals surface area contributed by atoms with Crippen molar-refractivity contribution in [1.29, 1.82) is 0 Å². The average Bonchev–Trinajstić information content (AvgIpc) is 2.61. The molecule has 2 aromatic carbocycles. The molecule has 0 saturated carbocycles. The van der Waals surface area contributed by atoms with Crippen LogP contribution in [0.4, 0.5) is 10.5 Å². The van der Waals surface area contributed by atoms with Crippen molar-refractivity contribution in [1.82, 2.24) is 10.6 Å². The van der Waals surface area contributed by atoms with Gasteiger partial charge in [0, 0.05) is 32.9 Å². The molecule has 0 aliphatic rings. The van der Waals surface area contributed by atoms with Gasteiger partial charge in [-0.25, -0.2) is 13.2 Å². The Bertz CT molecular complexity index is 788. The molecule has 0 heterocycles. The van der Waals surface area contributed by atoms with Gasteiger partial charge in [-0.3, -0.25) is 0 Å². The van der Waals surface area contributed by atoms with Crippen molar-refractivity contribution >= 4 is 21.6 Å². The van der Waals surface area contributed by atoms with Crippen LogP contribution in [0.5, 0.6) is 0 Å². The summed E-state index contributed by atoms with van der Waals surface area (Å²) in [7, 11) is 0.542. The van der Waals surface area contributed by atoms with Crippen LogP contribution in [0.2, 0.25) is 0 Å². The van der Waals surface area contributed by atoms with E-state index < -0.39 is 9.84 Å². The molecule has 2 aromatic rings. The maximum atomic E-state index is 12.1. The third-order valence-electron chi connectivity index (χ3n) is 3.66. The Balaban J connectivity index is 1.75. The van der Waals surface area contributed by atoms with Crippen molar-refractivity contribution in [3.63, 3.8) is 0 Å². The zero-order valence-electron chi connectivity index (χ0n) is 14.4. The highest BCUT2D eigenvalue weighted by molar-refractivity contribution is 7.91. The number of benzene rings is 2. The van der Waals surface area contributed by atoms with E-state index in [2.05, 4.69) is 10.6 Å². The first-order valence-corrected chi connectivity index (χ1v) is 9.59. The van der Waals surface area contributed by atoms with Gasteiger partial charge in [0.05, 0.1) is 10.6 Å². The summed E-state index contributed by atoms with van der Waals surface area (Å²) in [5, 5.41) is 5.29. The Kier molecular flexibility index (Phi) is 6.41. The van der Waals surface area contributed by atoms with Crippen molar-refractivity contribution in [2.24, 2.45) is 0 Å². The minimum Gasteiger partial charge on any atom is -0.378 e. The summed E-state index contributed by atoms with van der Waals surface area (Å²) >= 11 is 0. The van der Waals surface area contributed by atoms with Crippen LogP contribution in [0.3, 0.4) is 0 Å². The Morgan fingerprint density at radius 1 is 0.960 bits per heavy atom. The van der Waals surface area contributed by atoms with Crippen LogP contribution in [-0.4, -0.2) is 40.8 Å². The minimum absolute atomic E-state index is 0.0582. The normalized spacial score (nSPS) is 11.0. The van der Waals surface area contributed by atoms with Gasteiger partial charge in [-0.1, -0.05) is 30.3 Å². The van der Waals surface area contributed by atoms with E-state index in [1.165, 1.54) is 0 Å². The van der Waals surface area contributed by atoms with E-state index in [4.69, 9.17) is 0 Å². The van der Waals surface area contributed by atoms with Crippen molar-refractivity contribution < 1.29 is 13.2 Å². The predicted octanol–water partition coefficient (Wildman–Crippen LogP) is 2.03. The molecule has 0 bridgehead atoms. The van der Waals surface area contributed by atoms with E-state index in [-0.39, 0.29) is 23.2 Å². The number of amides is 2. The lowest BCUT2D eigenvalue weighted by atomic mass is 10.2. The second kappa shape index (κ2) is 8.53. The lowest BCUT2D eigenvalue weighted by Gasteiger charge is -2.13. The fraction of sp³-hybridized carbons (Fsp3) is 0.278. The van der Waals surface area contributed by atoms with Gasteiger partial charge in [0.25, 0.3) is 0 Å². The summed E-state index contributed by atoms with van der Waals surface area (Å²) in [6, 6.07) is 15.6. The van der Waals surface area contributed by atoms with Crippen molar-refractivity contribution in [2.45, 2.75) is 11.4 Å². The third kappa shape index (κ3) is 5.79.